The van der Waals surface area contributed by atoms with Crippen LogP contribution in [-0.2, 0) is 0 Å². The van der Waals surface area contributed by atoms with Gasteiger partial charge in [-0.15, -0.1) is 0 Å². The van der Waals surface area contributed by atoms with E-state index in [4.69, 9.17) is 5.11 Å². The molecule has 0 bridgehead atoms. The maximum absolute atomic E-state index is 12.4. The third kappa shape index (κ3) is 2.69. The maximum Gasteiger partial charge on any atom is 0.288 e. The number of hydrogen-bond donors (Lipinski definition) is 2. The van der Waals surface area contributed by atoms with E-state index < -0.39 is 4.92 Å². The largest absolute Gasteiger partial charge is 0.396 e. The lowest BCUT2D eigenvalue weighted by Gasteiger charge is -2.17. The van der Waals surface area contributed by atoms with E-state index in [1.807, 2.05) is 0 Å². The Balaban J connectivity index is 2.28. The number of rotatable bonds is 4. The molecule has 1 unspecified atom stereocenters. The Hall–Kier alpha value is -2.22. The highest BCUT2D eigenvalue weighted by Crippen LogP contribution is 2.24. The molecule has 8 nitrogen and oxygen atoms in total. The minimum absolute atomic E-state index is 0.0376. The Labute approximate surface area is 115 Å². The quantitative estimate of drug-likeness (QED) is 0.613. The van der Waals surface area contributed by atoms with Crippen molar-refractivity contribution in [2.75, 3.05) is 32.1 Å². The zero-order chi connectivity index (χ0) is 14.7. The van der Waals surface area contributed by atoms with E-state index in [2.05, 4.69) is 10.3 Å². The molecule has 2 rings (SSSR count). The summed E-state index contributed by atoms with van der Waals surface area (Å²) in [7, 11) is 1.60. The molecule has 0 aromatic carbocycles. The third-order valence-electron chi connectivity index (χ3n) is 3.38. The molecule has 20 heavy (non-hydrogen) atoms. The van der Waals surface area contributed by atoms with Crippen molar-refractivity contribution >= 4 is 17.4 Å². The number of carbonyl (C=O) groups excluding carboxylic acids is 1. The topological polar surface area (TPSA) is 109 Å². The normalized spacial score (nSPS) is 18.1. The molecule has 0 spiro atoms. The lowest BCUT2D eigenvalue weighted by atomic mass is 10.1. The molecular formula is C12H16N4O4. The van der Waals surface area contributed by atoms with E-state index >= 15 is 0 Å². The van der Waals surface area contributed by atoms with Crippen molar-refractivity contribution < 1.29 is 14.8 Å². The Bertz CT molecular complexity index is 534. The van der Waals surface area contributed by atoms with Crippen molar-refractivity contribution in [2.45, 2.75) is 6.42 Å². The number of aromatic nitrogens is 1. The highest BCUT2D eigenvalue weighted by atomic mass is 16.6. The predicted octanol–water partition coefficient (Wildman–Crippen LogP) is 0.486. The van der Waals surface area contributed by atoms with Gasteiger partial charge >= 0.3 is 0 Å². The van der Waals surface area contributed by atoms with Crippen molar-refractivity contribution in [3.8, 4) is 0 Å². The number of nitrogens with one attached hydrogen (secondary N) is 1. The summed E-state index contributed by atoms with van der Waals surface area (Å²) in [5.41, 5.74) is -0.0365. The van der Waals surface area contributed by atoms with Crippen LogP contribution in [0, 0.1) is 16.0 Å². The number of nitrogens with zero attached hydrogens (tertiary/aromatic N) is 3. The molecule has 108 valence electrons. The number of aliphatic hydroxyl groups excluding tert-OH is 1. The van der Waals surface area contributed by atoms with Crippen LogP contribution in [0.4, 0.5) is 11.5 Å². The van der Waals surface area contributed by atoms with Gasteiger partial charge in [-0.3, -0.25) is 14.9 Å². The van der Waals surface area contributed by atoms with Crippen molar-refractivity contribution in [2.24, 2.45) is 5.92 Å². The molecule has 1 aliphatic rings. The van der Waals surface area contributed by atoms with Gasteiger partial charge in [0.15, 0.2) is 0 Å². The fourth-order valence-corrected chi connectivity index (χ4v) is 2.25. The molecule has 1 aliphatic heterocycles. The van der Waals surface area contributed by atoms with Gasteiger partial charge in [-0.1, -0.05) is 0 Å². The minimum atomic E-state index is -0.580. The Kier molecular flexibility index (Phi) is 4.14. The van der Waals surface area contributed by atoms with Gasteiger partial charge in [-0.05, 0) is 6.42 Å². The fraction of sp³-hybridized carbons (Fsp3) is 0.500. The molecular weight excluding hydrogens is 264 g/mol. The molecule has 2 heterocycles. The monoisotopic (exact) mass is 280 g/mol. The van der Waals surface area contributed by atoms with Crippen LogP contribution in [0.1, 0.15) is 16.8 Å². The van der Waals surface area contributed by atoms with Crippen molar-refractivity contribution in [3.05, 3.63) is 27.9 Å². The van der Waals surface area contributed by atoms with E-state index in [0.29, 0.717) is 18.9 Å². The van der Waals surface area contributed by atoms with Gasteiger partial charge in [0, 0.05) is 38.7 Å². The zero-order valence-electron chi connectivity index (χ0n) is 11.1. The van der Waals surface area contributed by atoms with Gasteiger partial charge in [-0.2, -0.15) is 0 Å². The van der Waals surface area contributed by atoms with E-state index in [9.17, 15) is 14.9 Å². The molecule has 1 atom stereocenters. The number of anilines is 1. The SMILES string of the molecule is CNc1ncc([N+](=O)[O-])cc1C(=O)N1CCC(CO)C1. The minimum Gasteiger partial charge on any atom is -0.396 e. The van der Waals surface area contributed by atoms with Crippen LogP contribution in [0.15, 0.2) is 12.3 Å². The lowest BCUT2D eigenvalue weighted by Crippen LogP contribution is -2.30. The van der Waals surface area contributed by atoms with Crippen LogP contribution in [0.25, 0.3) is 0 Å². The molecule has 8 heteroatoms. The summed E-state index contributed by atoms with van der Waals surface area (Å²) in [6.45, 7) is 1.03. The summed E-state index contributed by atoms with van der Waals surface area (Å²) in [6.07, 6.45) is 1.85. The average Bonchev–Trinajstić information content (AvgIpc) is 2.94. The van der Waals surface area contributed by atoms with E-state index in [0.717, 1.165) is 12.6 Å². The Morgan fingerprint density at radius 2 is 2.45 bits per heavy atom. The van der Waals surface area contributed by atoms with Crippen molar-refractivity contribution in [3.63, 3.8) is 0 Å². The summed E-state index contributed by atoms with van der Waals surface area (Å²) in [5.74, 6) is 0.0817. The number of carbonyl (C=O) groups is 1. The number of pyridine rings is 1. The van der Waals surface area contributed by atoms with Gasteiger partial charge in [0.1, 0.15) is 12.0 Å². The van der Waals surface area contributed by atoms with E-state index in [1.54, 1.807) is 11.9 Å². The maximum atomic E-state index is 12.4. The summed E-state index contributed by atoms with van der Waals surface area (Å²) in [4.78, 5) is 28.1. The number of hydrogen-bond acceptors (Lipinski definition) is 6. The second kappa shape index (κ2) is 5.83. The first-order valence-electron chi connectivity index (χ1n) is 6.29. The van der Waals surface area contributed by atoms with Crippen LogP contribution in [0.5, 0.6) is 0 Å². The summed E-state index contributed by atoms with van der Waals surface area (Å²) >= 11 is 0. The molecule has 1 aromatic heterocycles. The highest BCUT2D eigenvalue weighted by Gasteiger charge is 2.29. The first-order chi connectivity index (χ1) is 9.56. The van der Waals surface area contributed by atoms with Crippen molar-refractivity contribution in [1.29, 1.82) is 0 Å². The Morgan fingerprint density at radius 3 is 3.00 bits per heavy atom. The standard InChI is InChI=1S/C12H16N4O4/c1-13-11-10(4-9(5-14-11)16(19)20)12(18)15-3-2-8(6-15)7-17/h4-5,8,17H,2-3,6-7H2,1H3,(H,13,14). The van der Waals surface area contributed by atoms with Crippen LogP contribution in [0.2, 0.25) is 0 Å². The average molecular weight is 280 g/mol. The van der Waals surface area contributed by atoms with E-state index in [1.165, 1.54) is 6.07 Å². The molecule has 0 aliphatic carbocycles. The van der Waals surface area contributed by atoms with Gasteiger partial charge in [0.2, 0.25) is 0 Å². The number of nitro groups is 1. The highest BCUT2D eigenvalue weighted by molar-refractivity contribution is 5.99. The van der Waals surface area contributed by atoms with Gasteiger partial charge < -0.3 is 15.3 Å². The first kappa shape index (κ1) is 14.2. The number of likely N-dealkylation sites (tertiary alicyclic amines) is 1. The molecule has 0 radical (unpaired) electrons. The third-order valence-corrected chi connectivity index (χ3v) is 3.38. The number of amides is 1. The lowest BCUT2D eigenvalue weighted by molar-refractivity contribution is -0.385. The van der Waals surface area contributed by atoms with Crippen molar-refractivity contribution in [1.82, 2.24) is 9.88 Å². The molecule has 1 fully saturated rings. The van der Waals surface area contributed by atoms with Gasteiger partial charge in [0.25, 0.3) is 11.6 Å². The summed E-state index contributed by atoms with van der Waals surface area (Å²) in [5, 5.41) is 22.6. The molecule has 1 amide bonds. The molecule has 2 N–H and O–H groups in total. The van der Waals surface area contributed by atoms with Crippen LogP contribution in [0.3, 0.4) is 0 Å². The summed E-state index contributed by atoms with van der Waals surface area (Å²) < 4.78 is 0. The van der Waals surface area contributed by atoms with Crippen LogP contribution >= 0.6 is 0 Å². The predicted molar refractivity (Wildman–Crippen MR) is 71.5 cm³/mol. The second-order valence-electron chi connectivity index (χ2n) is 4.69. The van der Waals surface area contributed by atoms with Gasteiger partial charge in [-0.25, -0.2) is 4.98 Å². The smallest absolute Gasteiger partial charge is 0.288 e. The van der Waals surface area contributed by atoms with Crippen LogP contribution in [-0.4, -0.2) is 52.6 Å². The molecule has 0 saturated carbocycles. The molecule has 1 saturated heterocycles. The van der Waals surface area contributed by atoms with Crippen LogP contribution < -0.4 is 5.32 Å². The number of aliphatic hydroxyl groups is 1. The van der Waals surface area contributed by atoms with Gasteiger partial charge in [0.05, 0.1) is 10.5 Å². The Morgan fingerprint density at radius 1 is 1.70 bits per heavy atom. The second-order valence-corrected chi connectivity index (χ2v) is 4.69. The van der Waals surface area contributed by atoms with E-state index in [-0.39, 0.29) is 29.7 Å². The molecule has 1 aromatic rings. The first-order valence-corrected chi connectivity index (χ1v) is 6.29. The fourth-order valence-electron chi connectivity index (χ4n) is 2.25. The zero-order valence-corrected chi connectivity index (χ0v) is 11.1. The summed E-state index contributed by atoms with van der Waals surface area (Å²) in [6, 6.07) is 1.23.